The van der Waals surface area contributed by atoms with Crippen LogP contribution in [-0.2, 0) is 10.0 Å². The van der Waals surface area contributed by atoms with Gasteiger partial charge in [0.1, 0.15) is 4.21 Å². The molecule has 1 heterocycles. The number of nitrogens with two attached hydrogens (primary N) is 1. The largest absolute Gasteiger partial charge is 0.398 e. The van der Waals surface area contributed by atoms with Crippen LogP contribution < -0.4 is 5.73 Å². The predicted molar refractivity (Wildman–Crippen MR) is 63.6 cm³/mol. The van der Waals surface area contributed by atoms with Gasteiger partial charge in [0.15, 0.2) is 0 Å². The maximum absolute atomic E-state index is 12.0. The first kappa shape index (κ1) is 12.5. The van der Waals surface area contributed by atoms with E-state index in [0.29, 0.717) is 23.0 Å². The fraction of sp³-hybridized carbons (Fsp3) is 0.556. The molecule has 1 rings (SSSR count). The van der Waals surface area contributed by atoms with Crippen LogP contribution in [0.2, 0.25) is 0 Å². The van der Waals surface area contributed by atoms with Gasteiger partial charge in [-0.3, -0.25) is 0 Å². The van der Waals surface area contributed by atoms with Gasteiger partial charge >= 0.3 is 0 Å². The van der Waals surface area contributed by atoms with Gasteiger partial charge in [-0.1, -0.05) is 13.8 Å². The summed E-state index contributed by atoms with van der Waals surface area (Å²) in [6.45, 7) is 6.43. The zero-order valence-corrected chi connectivity index (χ0v) is 10.8. The zero-order chi connectivity index (χ0) is 11.6. The first-order valence-corrected chi connectivity index (χ1v) is 7.05. The van der Waals surface area contributed by atoms with Crippen molar-refractivity contribution in [2.24, 2.45) is 0 Å². The lowest BCUT2D eigenvalue weighted by Gasteiger charge is -2.16. The molecule has 15 heavy (non-hydrogen) atoms. The lowest BCUT2D eigenvalue weighted by molar-refractivity contribution is 0.447. The molecule has 0 aromatic carbocycles. The van der Waals surface area contributed by atoms with E-state index >= 15 is 0 Å². The highest BCUT2D eigenvalue weighted by Gasteiger charge is 2.24. The molecule has 86 valence electrons. The van der Waals surface area contributed by atoms with Crippen molar-refractivity contribution in [1.82, 2.24) is 4.31 Å². The molecule has 0 spiro atoms. The average molecular weight is 248 g/mol. The summed E-state index contributed by atoms with van der Waals surface area (Å²) in [5.41, 5.74) is 6.19. The highest BCUT2D eigenvalue weighted by Crippen LogP contribution is 2.29. The molecule has 1 aromatic rings. The summed E-state index contributed by atoms with van der Waals surface area (Å²) >= 11 is 1.23. The van der Waals surface area contributed by atoms with Crippen LogP contribution in [0, 0.1) is 6.92 Å². The van der Waals surface area contributed by atoms with E-state index in [4.69, 9.17) is 5.73 Å². The number of hydrogen-bond donors (Lipinski definition) is 1. The molecule has 0 saturated carbocycles. The van der Waals surface area contributed by atoms with E-state index in [-0.39, 0.29) is 0 Å². The number of sulfonamides is 1. The van der Waals surface area contributed by atoms with Crippen molar-refractivity contribution in [1.29, 1.82) is 0 Å². The van der Waals surface area contributed by atoms with Gasteiger partial charge in [-0.2, -0.15) is 4.31 Å². The van der Waals surface area contributed by atoms with E-state index in [2.05, 4.69) is 0 Å². The number of nitrogens with zero attached hydrogens (tertiary/aromatic N) is 1. The van der Waals surface area contributed by atoms with Gasteiger partial charge in [-0.05, 0) is 13.0 Å². The molecule has 0 radical (unpaired) electrons. The Balaban J connectivity index is 3.16. The number of hydrogen-bond acceptors (Lipinski definition) is 4. The number of anilines is 1. The van der Waals surface area contributed by atoms with Gasteiger partial charge < -0.3 is 5.73 Å². The Morgan fingerprint density at radius 1 is 1.40 bits per heavy atom. The van der Waals surface area contributed by atoms with E-state index in [9.17, 15) is 8.42 Å². The summed E-state index contributed by atoms with van der Waals surface area (Å²) in [6, 6.07) is 1.54. The Labute approximate surface area is 94.8 Å². The van der Waals surface area contributed by atoms with Crippen LogP contribution in [-0.4, -0.2) is 25.8 Å². The molecule has 0 unspecified atom stereocenters. The maximum atomic E-state index is 12.0. The normalized spacial score (nSPS) is 12.3. The van der Waals surface area contributed by atoms with E-state index in [1.165, 1.54) is 21.7 Å². The highest BCUT2D eigenvalue weighted by molar-refractivity contribution is 7.91. The second-order valence-electron chi connectivity index (χ2n) is 3.17. The standard InChI is InChI=1S/C9H16N2O2S2/c1-4-11(5-2)15(12,13)9-6-8(10)7(3)14-9/h6H,4-5,10H2,1-3H3. The van der Waals surface area contributed by atoms with E-state index < -0.39 is 10.0 Å². The number of aryl methyl sites for hydroxylation is 1. The lowest BCUT2D eigenvalue weighted by atomic mass is 10.4. The van der Waals surface area contributed by atoms with Crippen molar-refractivity contribution in [3.05, 3.63) is 10.9 Å². The molecule has 0 aliphatic rings. The monoisotopic (exact) mass is 248 g/mol. The maximum Gasteiger partial charge on any atom is 0.252 e. The molecular weight excluding hydrogens is 232 g/mol. The van der Waals surface area contributed by atoms with Crippen LogP contribution in [0.1, 0.15) is 18.7 Å². The molecule has 0 amide bonds. The number of thiophene rings is 1. The molecule has 0 atom stereocenters. The average Bonchev–Trinajstić information content (AvgIpc) is 2.49. The smallest absolute Gasteiger partial charge is 0.252 e. The minimum Gasteiger partial charge on any atom is -0.398 e. The second-order valence-corrected chi connectivity index (χ2v) is 6.59. The van der Waals surface area contributed by atoms with Crippen LogP contribution in [0.3, 0.4) is 0 Å². The van der Waals surface area contributed by atoms with Crippen molar-refractivity contribution in [3.8, 4) is 0 Å². The van der Waals surface area contributed by atoms with E-state index in [1.807, 2.05) is 20.8 Å². The third-order valence-corrected chi connectivity index (χ3v) is 5.80. The molecule has 2 N–H and O–H groups in total. The van der Waals surface area contributed by atoms with Crippen molar-refractivity contribution in [2.45, 2.75) is 25.0 Å². The molecule has 0 aliphatic heterocycles. The molecule has 0 bridgehead atoms. The molecule has 0 saturated heterocycles. The highest BCUT2D eigenvalue weighted by atomic mass is 32.2. The third kappa shape index (κ3) is 2.32. The third-order valence-electron chi connectivity index (χ3n) is 2.23. The van der Waals surface area contributed by atoms with Crippen LogP contribution in [0.5, 0.6) is 0 Å². The van der Waals surface area contributed by atoms with Crippen molar-refractivity contribution >= 4 is 27.0 Å². The van der Waals surface area contributed by atoms with Crippen LogP contribution in [0.4, 0.5) is 5.69 Å². The summed E-state index contributed by atoms with van der Waals surface area (Å²) in [4.78, 5) is 0.848. The van der Waals surface area contributed by atoms with Crippen molar-refractivity contribution in [3.63, 3.8) is 0 Å². The van der Waals surface area contributed by atoms with Crippen LogP contribution in [0.25, 0.3) is 0 Å². The van der Waals surface area contributed by atoms with E-state index in [0.717, 1.165) is 4.88 Å². The minimum atomic E-state index is -3.33. The molecule has 4 nitrogen and oxygen atoms in total. The van der Waals surface area contributed by atoms with Gasteiger partial charge in [-0.25, -0.2) is 8.42 Å². The quantitative estimate of drug-likeness (QED) is 0.881. The summed E-state index contributed by atoms with van der Waals surface area (Å²) in [7, 11) is -3.33. The van der Waals surface area contributed by atoms with Gasteiger partial charge in [-0.15, -0.1) is 11.3 Å². The Morgan fingerprint density at radius 2 is 1.93 bits per heavy atom. The summed E-state index contributed by atoms with van der Waals surface area (Å²) in [6.07, 6.45) is 0. The first-order chi connectivity index (χ1) is 6.93. The Bertz CT molecular complexity index is 413. The zero-order valence-electron chi connectivity index (χ0n) is 9.15. The Hall–Kier alpha value is -0.590. The van der Waals surface area contributed by atoms with Crippen LogP contribution >= 0.6 is 11.3 Å². The topological polar surface area (TPSA) is 63.4 Å². The Kier molecular flexibility index (Phi) is 3.75. The van der Waals surface area contributed by atoms with Crippen molar-refractivity contribution in [2.75, 3.05) is 18.8 Å². The van der Waals surface area contributed by atoms with Gasteiger partial charge in [0.05, 0.1) is 0 Å². The van der Waals surface area contributed by atoms with Gasteiger partial charge in [0, 0.05) is 23.7 Å². The SMILES string of the molecule is CCN(CC)S(=O)(=O)c1cc(N)c(C)s1. The summed E-state index contributed by atoms with van der Waals surface area (Å²) in [5.74, 6) is 0. The number of rotatable bonds is 4. The van der Waals surface area contributed by atoms with Gasteiger partial charge in [0.25, 0.3) is 10.0 Å². The second kappa shape index (κ2) is 4.51. The molecule has 6 heteroatoms. The van der Waals surface area contributed by atoms with E-state index in [1.54, 1.807) is 0 Å². The molecule has 0 aliphatic carbocycles. The first-order valence-electron chi connectivity index (χ1n) is 4.79. The van der Waals surface area contributed by atoms with Gasteiger partial charge in [0.2, 0.25) is 0 Å². The molecule has 0 fully saturated rings. The number of nitrogen functional groups attached to an aromatic ring is 1. The minimum absolute atomic E-state index is 0.334. The fourth-order valence-corrected chi connectivity index (χ4v) is 4.27. The predicted octanol–water partition coefficient (Wildman–Crippen LogP) is 1.67. The van der Waals surface area contributed by atoms with Crippen molar-refractivity contribution < 1.29 is 8.42 Å². The molecule has 1 aromatic heterocycles. The van der Waals surface area contributed by atoms with Crippen LogP contribution in [0.15, 0.2) is 10.3 Å². The fourth-order valence-electron chi connectivity index (χ4n) is 1.29. The molecular formula is C9H16N2O2S2. The summed E-state index contributed by atoms with van der Waals surface area (Å²) < 4.78 is 25.8. The lowest BCUT2D eigenvalue weighted by Crippen LogP contribution is -2.29. The summed E-state index contributed by atoms with van der Waals surface area (Å²) in [5, 5.41) is 0. The Morgan fingerprint density at radius 3 is 2.27 bits per heavy atom.